The molecule has 3 aliphatic rings. The zero-order valence-electron chi connectivity index (χ0n) is 15.0. The van der Waals surface area contributed by atoms with Crippen molar-refractivity contribution in [1.29, 1.82) is 0 Å². The maximum atomic E-state index is 14.3. The lowest BCUT2D eigenvalue weighted by molar-refractivity contribution is 0.145. The van der Waals surface area contributed by atoms with E-state index in [0.717, 1.165) is 50.5 Å². The monoisotopic (exact) mass is 367 g/mol. The van der Waals surface area contributed by atoms with E-state index in [1.807, 2.05) is 24.4 Å². The molecule has 27 heavy (non-hydrogen) atoms. The number of nitrogens with one attached hydrogen (secondary N) is 2. The maximum Gasteiger partial charge on any atom is 0.227 e. The van der Waals surface area contributed by atoms with Crippen LogP contribution in [0.3, 0.4) is 0 Å². The standard InChI is InChI=1S/C19H22FN7/c20-17-11-23-19(27-6-5-26-4-3-21-10-16(26)12-27)25-18(17)24-15-2-1-13-8-22-9-14(13)7-15/h1-2,7,9,11,16,21H,3-6,8,10,12H2,(H,23,24,25). The topological polar surface area (TPSA) is 68.7 Å². The first-order valence-electron chi connectivity index (χ1n) is 9.38. The van der Waals surface area contributed by atoms with Crippen LogP contribution in [0.15, 0.2) is 29.4 Å². The average Bonchev–Trinajstić information content (AvgIpc) is 3.17. The molecule has 0 saturated carbocycles. The minimum Gasteiger partial charge on any atom is -0.338 e. The number of nitrogens with zero attached hydrogens (tertiary/aromatic N) is 5. The number of benzene rings is 1. The lowest BCUT2D eigenvalue weighted by Gasteiger charge is -2.44. The first-order valence-corrected chi connectivity index (χ1v) is 9.38. The second-order valence-corrected chi connectivity index (χ2v) is 7.21. The highest BCUT2D eigenvalue weighted by Crippen LogP contribution is 2.25. The molecule has 2 aromatic rings. The van der Waals surface area contributed by atoms with Crippen LogP contribution in [0.1, 0.15) is 11.1 Å². The summed E-state index contributed by atoms with van der Waals surface area (Å²) in [5.41, 5.74) is 3.05. The Morgan fingerprint density at radius 3 is 3.15 bits per heavy atom. The van der Waals surface area contributed by atoms with E-state index in [0.29, 0.717) is 18.5 Å². The van der Waals surface area contributed by atoms with E-state index in [1.54, 1.807) is 0 Å². The Bertz CT molecular complexity index is 884. The number of aromatic nitrogens is 2. The SMILES string of the molecule is Fc1cnc(N2CCN3CCNCC3C2)nc1Nc1ccc2c(c1)C=NC2. The molecule has 1 aromatic carbocycles. The third-order valence-corrected chi connectivity index (χ3v) is 5.48. The molecule has 1 aromatic heterocycles. The van der Waals surface area contributed by atoms with Crippen molar-refractivity contribution in [2.45, 2.75) is 12.6 Å². The summed E-state index contributed by atoms with van der Waals surface area (Å²) in [6.07, 6.45) is 3.10. The summed E-state index contributed by atoms with van der Waals surface area (Å²) in [4.78, 5) is 17.6. The van der Waals surface area contributed by atoms with Gasteiger partial charge in [0.2, 0.25) is 5.95 Å². The Labute approximate surface area is 157 Å². The van der Waals surface area contributed by atoms with E-state index >= 15 is 0 Å². The van der Waals surface area contributed by atoms with Gasteiger partial charge in [0.15, 0.2) is 11.6 Å². The van der Waals surface area contributed by atoms with Gasteiger partial charge in [-0.3, -0.25) is 9.89 Å². The molecular formula is C19H22FN7. The predicted octanol–water partition coefficient (Wildman–Crippen LogP) is 1.39. The minimum absolute atomic E-state index is 0.207. The lowest BCUT2D eigenvalue weighted by atomic mass is 10.1. The van der Waals surface area contributed by atoms with E-state index in [-0.39, 0.29) is 5.82 Å². The average molecular weight is 367 g/mol. The van der Waals surface area contributed by atoms with Crippen molar-refractivity contribution < 1.29 is 4.39 Å². The fraction of sp³-hybridized carbons (Fsp3) is 0.421. The lowest BCUT2D eigenvalue weighted by Crippen LogP contribution is -2.61. The Hall–Kier alpha value is -2.58. The molecular weight excluding hydrogens is 345 g/mol. The summed E-state index contributed by atoms with van der Waals surface area (Å²) >= 11 is 0. The zero-order chi connectivity index (χ0) is 18.2. The highest BCUT2D eigenvalue weighted by atomic mass is 19.1. The fourth-order valence-electron chi connectivity index (χ4n) is 3.97. The van der Waals surface area contributed by atoms with E-state index in [4.69, 9.17) is 0 Å². The Morgan fingerprint density at radius 2 is 2.19 bits per heavy atom. The molecule has 2 N–H and O–H groups in total. The number of hydrogen-bond acceptors (Lipinski definition) is 7. The molecule has 0 amide bonds. The molecule has 5 rings (SSSR count). The molecule has 1 unspecified atom stereocenters. The van der Waals surface area contributed by atoms with Crippen LogP contribution in [0.25, 0.3) is 0 Å². The van der Waals surface area contributed by atoms with Gasteiger partial charge in [-0.2, -0.15) is 4.98 Å². The number of aliphatic imine (C=N–C) groups is 1. The van der Waals surface area contributed by atoms with Gasteiger partial charge < -0.3 is 15.5 Å². The molecule has 1 atom stereocenters. The van der Waals surface area contributed by atoms with Gasteiger partial charge in [0.1, 0.15) is 0 Å². The molecule has 0 spiro atoms. The van der Waals surface area contributed by atoms with Crippen LogP contribution in [0.5, 0.6) is 0 Å². The number of rotatable bonds is 3. The number of piperazine rings is 2. The molecule has 0 aliphatic carbocycles. The van der Waals surface area contributed by atoms with Gasteiger partial charge in [-0.25, -0.2) is 9.37 Å². The third kappa shape index (κ3) is 3.26. The largest absolute Gasteiger partial charge is 0.338 e. The van der Waals surface area contributed by atoms with Crippen LogP contribution < -0.4 is 15.5 Å². The Balaban J connectivity index is 1.36. The van der Waals surface area contributed by atoms with Crippen molar-refractivity contribution in [2.24, 2.45) is 4.99 Å². The van der Waals surface area contributed by atoms with Crippen LogP contribution >= 0.6 is 0 Å². The molecule has 2 saturated heterocycles. The highest BCUT2D eigenvalue weighted by molar-refractivity contribution is 5.86. The molecule has 0 bridgehead atoms. The van der Waals surface area contributed by atoms with Gasteiger partial charge >= 0.3 is 0 Å². The molecule has 140 valence electrons. The van der Waals surface area contributed by atoms with Crippen molar-refractivity contribution in [3.05, 3.63) is 41.3 Å². The molecule has 2 fully saturated rings. The summed E-state index contributed by atoms with van der Waals surface area (Å²) in [6.45, 7) is 6.51. The Kier molecular flexibility index (Phi) is 4.21. The van der Waals surface area contributed by atoms with Gasteiger partial charge in [-0.05, 0) is 23.3 Å². The normalized spacial score (nSPS) is 21.8. The highest BCUT2D eigenvalue weighted by Gasteiger charge is 2.30. The van der Waals surface area contributed by atoms with Crippen LogP contribution in [0, 0.1) is 5.82 Å². The summed E-state index contributed by atoms with van der Waals surface area (Å²) in [6, 6.07) is 6.37. The van der Waals surface area contributed by atoms with Crippen molar-refractivity contribution in [1.82, 2.24) is 20.2 Å². The van der Waals surface area contributed by atoms with Gasteiger partial charge in [0.25, 0.3) is 0 Å². The molecule has 4 heterocycles. The molecule has 7 nitrogen and oxygen atoms in total. The summed E-state index contributed by atoms with van der Waals surface area (Å²) in [5.74, 6) is 0.330. The number of hydrogen-bond donors (Lipinski definition) is 2. The van der Waals surface area contributed by atoms with Gasteiger partial charge in [-0.1, -0.05) is 6.07 Å². The predicted molar refractivity (Wildman–Crippen MR) is 103 cm³/mol. The van der Waals surface area contributed by atoms with Crippen molar-refractivity contribution in [2.75, 3.05) is 49.5 Å². The smallest absolute Gasteiger partial charge is 0.227 e. The van der Waals surface area contributed by atoms with Crippen molar-refractivity contribution >= 4 is 23.7 Å². The zero-order valence-corrected chi connectivity index (χ0v) is 15.0. The molecule has 0 radical (unpaired) electrons. The minimum atomic E-state index is -0.453. The fourth-order valence-corrected chi connectivity index (χ4v) is 3.97. The van der Waals surface area contributed by atoms with Crippen LogP contribution in [-0.4, -0.2) is 66.4 Å². The number of fused-ring (bicyclic) bond motifs is 2. The second kappa shape index (κ2) is 6.86. The van der Waals surface area contributed by atoms with Crippen molar-refractivity contribution in [3.63, 3.8) is 0 Å². The van der Waals surface area contributed by atoms with E-state index in [2.05, 4.69) is 35.4 Å². The van der Waals surface area contributed by atoms with Crippen LogP contribution in [0.4, 0.5) is 21.8 Å². The van der Waals surface area contributed by atoms with E-state index in [1.165, 1.54) is 11.8 Å². The van der Waals surface area contributed by atoms with Crippen LogP contribution in [-0.2, 0) is 6.54 Å². The Morgan fingerprint density at radius 1 is 1.22 bits per heavy atom. The first kappa shape index (κ1) is 16.6. The summed E-state index contributed by atoms with van der Waals surface area (Å²) in [5, 5.41) is 6.54. The van der Waals surface area contributed by atoms with Crippen LogP contribution in [0.2, 0.25) is 0 Å². The first-order chi connectivity index (χ1) is 13.3. The van der Waals surface area contributed by atoms with Gasteiger partial charge in [0.05, 0.1) is 12.7 Å². The quantitative estimate of drug-likeness (QED) is 0.855. The van der Waals surface area contributed by atoms with E-state index in [9.17, 15) is 4.39 Å². The third-order valence-electron chi connectivity index (χ3n) is 5.48. The second-order valence-electron chi connectivity index (χ2n) is 7.21. The maximum absolute atomic E-state index is 14.3. The summed E-state index contributed by atoms with van der Waals surface area (Å²) in [7, 11) is 0. The molecule has 8 heteroatoms. The molecule has 3 aliphatic heterocycles. The van der Waals surface area contributed by atoms with E-state index < -0.39 is 5.82 Å². The van der Waals surface area contributed by atoms with Crippen molar-refractivity contribution in [3.8, 4) is 0 Å². The van der Waals surface area contributed by atoms with Gasteiger partial charge in [0, 0.05) is 57.2 Å². The summed E-state index contributed by atoms with van der Waals surface area (Å²) < 4.78 is 14.3. The number of anilines is 3. The van der Waals surface area contributed by atoms with Gasteiger partial charge in [-0.15, -0.1) is 0 Å². The number of halogens is 1.